The summed E-state index contributed by atoms with van der Waals surface area (Å²) in [5.74, 6) is -0.155. The first-order valence-corrected chi connectivity index (χ1v) is 6.58. The second-order valence-corrected chi connectivity index (χ2v) is 4.80. The number of amides is 3. The smallest absolute Gasteiger partial charge is 0.319 e. The summed E-state index contributed by atoms with van der Waals surface area (Å²) in [5.41, 5.74) is 0.345. The molecule has 0 radical (unpaired) electrons. The molecule has 0 bridgehead atoms. The third kappa shape index (κ3) is 3.59. The van der Waals surface area contributed by atoms with Crippen molar-refractivity contribution in [3.63, 3.8) is 0 Å². The van der Waals surface area contributed by atoms with E-state index in [0.29, 0.717) is 18.7 Å². The molecule has 0 aromatic carbocycles. The lowest BCUT2D eigenvalue weighted by molar-refractivity contribution is -0.122. The van der Waals surface area contributed by atoms with Crippen LogP contribution in [0.1, 0.15) is 19.3 Å². The van der Waals surface area contributed by atoms with Crippen molar-refractivity contribution in [2.24, 2.45) is 7.05 Å². The van der Waals surface area contributed by atoms with Gasteiger partial charge in [-0.2, -0.15) is 0 Å². The van der Waals surface area contributed by atoms with Crippen molar-refractivity contribution in [2.75, 3.05) is 11.9 Å². The second kappa shape index (κ2) is 6.23. The molecule has 1 aliphatic heterocycles. The van der Waals surface area contributed by atoms with Crippen molar-refractivity contribution in [2.45, 2.75) is 25.3 Å². The number of aryl methyl sites for hydroxylation is 1. The Morgan fingerprint density at radius 1 is 1.35 bits per heavy atom. The Bertz CT molecular complexity index is 567. The van der Waals surface area contributed by atoms with Gasteiger partial charge in [0.15, 0.2) is 0 Å². The molecule has 0 aliphatic carbocycles. The number of pyridine rings is 1. The Balaban J connectivity index is 1.95. The van der Waals surface area contributed by atoms with Gasteiger partial charge in [-0.3, -0.25) is 9.59 Å². The number of urea groups is 1. The molecule has 1 atom stereocenters. The first kappa shape index (κ1) is 14.1. The van der Waals surface area contributed by atoms with E-state index in [1.165, 1.54) is 22.9 Å². The van der Waals surface area contributed by atoms with E-state index in [9.17, 15) is 14.4 Å². The summed E-state index contributed by atoms with van der Waals surface area (Å²) < 4.78 is 1.37. The summed E-state index contributed by atoms with van der Waals surface area (Å²) in [7, 11) is 1.60. The summed E-state index contributed by atoms with van der Waals surface area (Å²) >= 11 is 0. The summed E-state index contributed by atoms with van der Waals surface area (Å²) in [6.07, 6.45) is 3.97. The zero-order valence-electron chi connectivity index (χ0n) is 11.3. The maximum absolute atomic E-state index is 11.8. The van der Waals surface area contributed by atoms with Gasteiger partial charge in [-0.05, 0) is 25.3 Å². The standard InChI is InChI=1S/C13H18N4O3/c1-17-8-9(5-6-11(17)18)15-13(20)16-10-4-2-3-7-14-12(10)19/h5-6,8,10H,2-4,7H2,1H3,(H,14,19)(H2,15,16,20). The number of hydrogen-bond donors (Lipinski definition) is 3. The summed E-state index contributed by atoms with van der Waals surface area (Å²) in [6, 6.07) is 1.93. The molecule has 0 saturated carbocycles. The fourth-order valence-electron chi connectivity index (χ4n) is 2.07. The largest absolute Gasteiger partial charge is 0.354 e. The summed E-state index contributed by atoms with van der Waals surface area (Å²) in [4.78, 5) is 34.8. The molecule has 1 aromatic heterocycles. The van der Waals surface area contributed by atoms with Gasteiger partial charge < -0.3 is 20.5 Å². The predicted octanol–water partition coefficient (Wildman–Crippen LogP) is 0.175. The average molecular weight is 278 g/mol. The van der Waals surface area contributed by atoms with Crippen LogP contribution >= 0.6 is 0 Å². The van der Waals surface area contributed by atoms with Crippen LogP contribution in [0.4, 0.5) is 10.5 Å². The minimum absolute atomic E-state index is 0.154. The average Bonchev–Trinajstić information content (AvgIpc) is 2.59. The number of nitrogens with zero attached hydrogens (tertiary/aromatic N) is 1. The van der Waals surface area contributed by atoms with Crippen LogP contribution < -0.4 is 21.5 Å². The molecule has 7 heteroatoms. The third-order valence-electron chi connectivity index (χ3n) is 3.18. The van der Waals surface area contributed by atoms with Crippen LogP contribution in [0.3, 0.4) is 0 Å². The lowest BCUT2D eigenvalue weighted by Crippen LogP contribution is -2.47. The van der Waals surface area contributed by atoms with Crippen LogP contribution in [0.5, 0.6) is 0 Å². The lowest BCUT2D eigenvalue weighted by Gasteiger charge is -2.15. The molecule has 1 unspecified atom stereocenters. The van der Waals surface area contributed by atoms with Crippen LogP contribution in [0.2, 0.25) is 0 Å². The molecular weight excluding hydrogens is 260 g/mol. The molecule has 1 saturated heterocycles. The Labute approximate surface area is 116 Å². The minimum atomic E-state index is -0.509. The van der Waals surface area contributed by atoms with Crippen LogP contribution in [0, 0.1) is 0 Å². The highest BCUT2D eigenvalue weighted by Gasteiger charge is 2.22. The number of rotatable bonds is 2. The molecule has 1 aliphatic rings. The molecule has 1 fully saturated rings. The number of anilines is 1. The molecule has 1 aromatic rings. The number of carbonyl (C=O) groups is 2. The highest BCUT2D eigenvalue weighted by atomic mass is 16.2. The fourth-order valence-corrected chi connectivity index (χ4v) is 2.07. The summed E-state index contributed by atoms with van der Waals surface area (Å²) in [6.45, 7) is 0.652. The van der Waals surface area contributed by atoms with Crippen molar-refractivity contribution in [1.29, 1.82) is 0 Å². The van der Waals surface area contributed by atoms with E-state index in [2.05, 4.69) is 16.0 Å². The molecule has 0 spiro atoms. The van der Waals surface area contributed by atoms with E-state index >= 15 is 0 Å². The SMILES string of the molecule is Cn1cc(NC(=O)NC2CCCCNC2=O)ccc1=O. The highest BCUT2D eigenvalue weighted by molar-refractivity contribution is 5.93. The Hall–Kier alpha value is -2.31. The first-order valence-electron chi connectivity index (χ1n) is 6.58. The molecule has 2 rings (SSSR count). The number of aromatic nitrogens is 1. The van der Waals surface area contributed by atoms with Gasteiger partial charge in [-0.15, -0.1) is 0 Å². The van der Waals surface area contributed by atoms with Gasteiger partial charge >= 0.3 is 6.03 Å². The van der Waals surface area contributed by atoms with Crippen molar-refractivity contribution in [1.82, 2.24) is 15.2 Å². The van der Waals surface area contributed by atoms with Gasteiger partial charge in [0.2, 0.25) is 11.5 Å². The maximum Gasteiger partial charge on any atom is 0.319 e. The van der Waals surface area contributed by atoms with Crippen LogP contribution in [-0.2, 0) is 11.8 Å². The summed E-state index contributed by atoms with van der Waals surface area (Å²) in [5, 5.41) is 8.00. The van der Waals surface area contributed by atoms with Gasteiger partial charge in [-0.1, -0.05) is 0 Å². The lowest BCUT2D eigenvalue weighted by atomic mass is 10.1. The van der Waals surface area contributed by atoms with E-state index < -0.39 is 12.1 Å². The van der Waals surface area contributed by atoms with Gasteiger partial charge in [0.1, 0.15) is 6.04 Å². The van der Waals surface area contributed by atoms with E-state index in [0.717, 1.165) is 12.8 Å². The van der Waals surface area contributed by atoms with E-state index in [-0.39, 0.29) is 11.5 Å². The molecule has 2 heterocycles. The number of hydrogen-bond acceptors (Lipinski definition) is 3. The van der Waals surface area contributed by atoms with Crippen molar-refractivity contribution in [3.8, 4) is 0 Å². The second-order valence-electron chi connectivity index (χ2n) is 4.80. The van der Waals surface area contributed by atoms with Crippen LogP contribution in [-0.4, -0.2) is 29.1 Å². The topological polar surface area (TPSA) is 92.2 Å². The maximum atomic E-state index is 11.8. The van der Waals surface area contributed by atoms with Crippen molar-refractivity contribution < 1.29 is 9.59 Å². The number of nitrogens with one attached hydrogen (secondary N) is 3. The molecule has 108 valence electrons. The normalized spacial score (nSPS) is 18.9. The van der Waals surface area contributed by atoms with Crippen molar-refractivity contribution in [3.05, 3.63) is 28.7 Å². The highest BCUT2D eigenvalue weighted by Crippen LogP contribution is 2.06. The van der Waals surface area contributed by atoms with E-state index in [4.69, 9.17) is 0 Å². The molecule has 3 N–H and O–H groups in total. The zero-order chi connectivity index (χ0) is 14.5. The Morgan fingerprint density at radius 3 is 2.90 bits per heavy atom. The van der Waals surface area contributed by atoms with Crippen LogP contribution in [0.15, 0.2) is 23.1 Å². The van der Waals surface area contributed by atoms with Gasteiger partial charge in [0, 0.05) is 25.9 Å². The zero-order valence-corrected chi connectivity index (χ0v) is 11.3. The quantitative estimate of drug-likeness (QED) is 0.720. The minimum Gasteiger partial charge on any atom is -0.354 e. The van der Waals surface area contributed by atoms with E-state index in [1.807, 2.05) is 0 Å². The molecule has 7 nitrogen and oxygen atoms in total. The van der Waals surface area contributed by atoms with Crippen molar-refractivity contribution >= 4 is 17.6 Å². The Kier molecular flexibility index (Phi) is 4.39. The van der Waals surface area contributed by atoms with Gasteiger partial charge in [0.25, 0.3) is 0 Å². The number of carbonyl (C=O) groups excluding carboxylic acids is 2. The monoisotopic (exact) mass is 278 g/mol. The molecular formula is C13H18N4O3. The molecule has 3 amide bonds. The first-order chi connectivity index (χ1) is 9.56. The van der Waals surface area contributed by atoms with Gasteiger partial charge in [-0.25, -0.2) is 4.79 Å². The molecule has 20 heavy (non-hydrogen) atoms. The Morgan fingerprint density at radius 2 is 2.15 bits per heavy atom. The third-order valence-corrected chi connectivity index (χ3v) is 3.18. The predicted molar refractivity (Wildman–Crippen MR) is 74.5 cm³/mol. The van der Waals surface area contributed by atoms with E-state index in [1.54, 1.807) is 7.05 Å². The van der Waals surface area contributed by atoms with Crippen LogP contribution in [0.25, 0.3) is 0 Å². The fraction of sp³-hybridized carbons (Fsp3) is 0.462. The van der Waals surface area contributed by atoms with Gasteiger partial charge in [0.05, 0.1) is 5.69 Å².